The topological polar surface area (TPSA) is 61.5 Å². The molecule has 1 aromatic carbocycles. The molecule has 0 unspecified atom stereocenters. The number of ether oxygens (including phenoxy) is 2. The third-order valence-corrected chi connectivity index (χ3v) is 2.66. The summed E-state index contributed by atoms with van der Waals surface area (Å²) in [5, 5.41) is 0. The normalized spacial score (nSPS) is 10.4. The van der Waals surface area contributed by atoms with Gasteiger partial charge in [0.1, 0.15) is 11.9 Å². The first kappa shape index (κ1) is 14.4. The molecule has 0 atom stereocenters. The van der Waals surface area contributed by atoms with Crippen molar-refractivity contribution in [2.45, 2.75) is 39.2 Å². The van der Waals surface area contributed by atoms with E-state index in [9.17, 15) is 4.79 Å². The number of hydrogen-bond donors (Lipinski definition) is 1. The molecule has 0 aliphatic heterocycles. The lowest BCUT2D eigenvalue weighted by atomic mass is 10.2. The second-order valence-corrected chi connectivity index (χ2v) is 4.10. The molecule has 18 heavy (non-hydrogen) atoms. The van der Waals surface area contributed by atoms with Crippen molar-refractivity contribution in [1.82, 2.24) is 0 Å². The Bertz CT molecular complexity index is 358. The Labute approximate surface area is 108 Å². The van der Waals surface area contributed by atoms with Crippen LogP contribution < -0.4 is 10.5 Å². The van der Waals surface area contributed by atoms with Gasteiger partial charge in [0.15, 0.2) is 0 Å². The van der Waals surface area contributed by atoms with Gasteiger partial charge in [-0.1, -0.05) is 13.8 Å². The Morgan fingerprint density at radius 2 is 1.83 bits per heavy atom. The van der Waals surface area contributed by atoms with E-state index in [-0.39, 0.29) is 18.5 Å². The van der Waals surface area contributed by atoms with Crippen LogP contribution in [0.1, 0.15) is 33.1 Å². The summed E-state index contributed by atoms with van der Waals surface area (Å²) in [6.45, 7) is 4.33. The zero-order valence-corrected chi connectivity index (χ0v) is 11.0. The van der Waals surface area contributed by atoms with E-state index < -0.39 is 0 Å². The molecule has 0 aliphatic carbocycles. The van der Waals surface area contributed by atoms with Crippen molar-refractivity contribution in [3.63, 3.8) is 0 Å². The van der Waals surface area contributed by atoms with Crippen molar-refractivity contribution in [2.75, 3.05) is 12.3 Å². The summed E-state index contributed by atoms with van der Waals surface area (Å²) in [7, 11) is 0. The smallest absolute Gasteiger partial charge is 0.309 e. The van der Waals surface area contributed by atoms with Gasteiger partial charge in [0, 0.05) is 5.69 Å². The van der Waals surface area contributed by atoms with E-state index in [0.717, 1.165) is 12.8 Å². The summed E-state index contributed by atoms with van der Waals surface area (Å²) in [4.78, 5) is 11.5. The molecular weight excluding hydrogens is 230 g/mol. The molecule has 1 rings (SSSR count). The number of benzene rings is 1. The van der Waals surface area contributed by atoms with Crippen LogP contribution in [0.5, 0.6) is 5.75 Å². The Morgan fingerprint density at radius 1 is 1.22 bits per heavy atom. The summed E-state index contributed by atoms with van der Waals surface area (Å²) in [6.07, 6.45) is 1.98. The molecule has 0 fully saturated rings. The second-order valence-electron chi connectivity index (χ2n) is 4.10. The van der Waals surface area contributed by atoms with Crippen molar-refractivity contribution in [3.8, 4) is 5.75 Å². The lowest BCUT2D eigenvalue weighted by Crippen LogP contribution is -2.18. The molecule has 0 heterocycles. The van der Waals surface area contributed by atoms with Crippen LogP contribution in [0.15, 0.2) is 24.3 Å². The van der Waals surface area contributed by atoms with Crippen LogP contribution in [-0.4, -0.2) is 18.7 Å². The summed E-state index contributed by atoms with van der Waals surface area (Å²) >= 11 is 0. The quantitative estimate of drug-likeness (QED) is 0.598. The van der Waals surface area contributed by atoms with Crippen molar-refractivity contribution in [3.05, 3.63) is 24.3 Å². The monoisotopic (exact) mass is 251 g/mol. The van der Waals surface area contributed by atoms with Gasteiger partial charge in [0.05, 0.1) is 13.0 Å². The second kappa shape index (κ2) is 7.58. The minimum atomic E-state index is -0.209. The molecule has 0 radical (unpaired) electrons. The fraction of sp³-hybridized carbons (Fsp3) is 0.500. The molecule has 0 aliphatic rings. The van der Waals surface area contributed by atoms with Crippen molar-refractivity contribution >= 4 is 11.7 Å². The number of nitrogens with two attached hydrogens (primary N) is 1. The van der Waals surface area contributed by atoms with Crippen LogP contribution in [0.25, 0.3) is 0 Å². The van der Waals surface area contributed by atoms with E-state index in [2.05, 4.69) is 0 Å². The lowest BCUT2D eigenvalue weighted by Gasteiger charge is -2.14. The number of rotatable bonds is 7. The first-order chi connectivity index (χ1) is 8.65. The Balaban J connectivity index is 2.25. The number of hydrogen-bond acceptors (Lipinski definition) is 4. The van der Waals surface area contributed by atoms with Crippen LogP contribution in [0.4, 0.5) is 5.69 Å². The Morgan fingerprint density at radius 3 is 2.39 bits per heavy atom. The zero-order chi connectivity index (χ0) is 13.4. The average molecular weight is 251 g/mol. The molecule has 0 aromatic heterocycles. The Kier molecular flexibility index (Phi) is 6.05. The molecule has 0 saturated heterocycles. The van der Waals surface area contributed by atoms with Crippen LogP contribution in [-0.2, 0) is 9.53 Å². The molecule has 2 N–H and O–H groups in total. The van der Waals surface area contributed by atoms with Gasteiger partial charge in [-0.3, -0.25) is 4.79 Å². The fourth-order valence-electron chi connectivity index (χ4n) is 1.52. The number of carbonyl (C=O) groups excluding carboxylic acids is 1. The van der Waals surface area contributed by atoms with E-state index >= 15 is 0 Å². The molecule has 1 aromatic rings. The third-order valence-electron chi connectivity index (χ3n) is 2.66. The maximum atomic E-state index is 11.5. The van der Waals surface area contributed by atoms with Crippen LogP contribution >= 0.6 is 0 Å². The van der Waals surface area contributed by atoms with Gasteiger partial charge in [0.25, 0.3) is 0 Å². The van der Waals surface area contributed by atoms with E-state index in [1.54, 1.807) is 24.3 Å². The fourth-order valence-corrected chi connectivity index (χ4v) is 1.52. The van der Waals surface area contributed by atoms with E-state index in [1.807, 2.05) is 13.8 Å². The SMILES string of the molecule is CCC(CC)OC(=O)CCOc1ccc(N)cc1. The molecule has 100 valence electrons. The van der Waals surface area contributed by atoms with Gasteiger partial charge < -0.3 is 15.2 Å². The molecular formula is C14H21NO3. The van der Waals surface area contributed by atoms with Gasteiger partial charge in [-0.05, 0) is 37.1 Å². The van der Waals surface area contributed by atoms with E-state index in [4.69, 9.17) is 15.2 Å². The van der Waals surface area contributed by atoms with Crippen LogP contribution in [0.2, 0.25) is 0 Å². The van der Waals surface area contributed by atoms with E-state index in [1.165, 1.54) is 0 Å². The standard InChI is InChI=1S/C14H21NO3/c1-3-12(4-2)18-14(16)9-10-17-13-7-5-11(15)6-8-13/h5-8,12H,3-4,9-10,15H2,1-2H3. The first-order valence-electron chi connectivity index (χ1n) is 6.33. The highest BCUT2D eigenvalue weighted by molar-refractivity contribution is 5.69. The zero-order valence-electron chi connectivity index (χ0n) is 11.0. The summed E-state index contributed by atoms with van der Waals surface area (Å²) < 4.78 is 10.7. The van der Waals surface area contributed by atoms with Crippen molar-refractivity contribution < 1.29 is 14.3 Å². The number of anilines is 1. The van der Waals surface area contributed by atoms with Gasteiger partial charge in [-0.2, -0.15) is 0 Å². The lowest BCUT2D eigenvalue weighted by molar-refractivity contribution is -0.149. The average Bonchev–Trinajstić information content (AvgIpc) is 2.38. The van der Waals surface area contributed by atoms with Crippen molar-refractivity contribution in [2.24, 2.45) is 0 Å². The van der Waals surface area contributed by atoms with Crippen molar-refractivity contribution in [1.29, 1.82) is 0 Å². The summed E-state index contributed by atoms with van der Waals surface area (Å²) in [6, 6.07) is 7.08. The molecule has 0 bridgehead atoms. The van der Waals surface area contributed by atoms with E-state index in [0.29, 0.717) is 18.0 Å². The first-order valence-corrected chi connectivity index (χ1v) is 6.33. The highest BCUT2D eigenvalue weighted by Crippen LogP contribution is 2.13. The maximum absolute atomic E-state index is 11.5. The predicted molar refractivity (Wildman–Crippen MR) is 71.4 cm³/mol. The summed E-state index contributed by atoms with van der Waals surface area (Å²) in [5.41, 5.74) is 6.25. The predicted octanol–water partition coefficient (Wildman–Crippen LogP) is 2.77. The molecule has 4 nitrogen and oxygen atoms in total. The maximum Gasteiger partial charge on any atom is 0.309 e. The van der Waals surface area contributed by atoms with Gasteiger partial charge in [-0.25, -0.2) is 0 Å². The third kappa shape index (κ3) is 5.08. The highest BCUT2D eigenvalue weighted by atomic mass is 16.5. The van der Waals surface area contributed by atoms with Gasteiger partial charge in [0.2, 0.25) is 0 Å². The number of nitrogen functional groups attached to an aromatic ring is 1. The summed E-state index contributed by atoms with van der Waals surface area (Å²) in [5.74, 6) is 0.499. The molecule has 0 spiro atoms. The Hall–Kier alpha value is -1.71. The number of esters is 1. The van der Waals surface area contributed by atoms with Crippen LogP contribution in [0, 0.1) is 0 Å². The number of carbonyl (C=O) groups is 1. The molecule has 0 amide bonds. The molecule has 4 heteroatoms. The van der Waals surface area contributed by atoms with Crippen LogP contribution in [0.3, 0.4) is 0 Å². The minimum Gasteiger partial charge on any atom is -0.493 e. The highest BCUT2D eigenvalue weighted by Gasteiger charge is 2.10. The molecule has 0 saturated carbocycles. The minimum absolute atomic E-state index is 0.0222. The largest absolute Gasteiger partial charge is 0.493 e. The van der Waals surface area contributed by atoms with Gasteiger partial charge in [-0.15, -0.1) is 0 Å². The van der Waals surface area contributed by atoms with Gasteiger partial charge >= 0.3 is 5.97 Å².